The highest BCUT2D eigenvalue weighted by atomic mass is 16.7. The Morgan fingerprint density at radius 1 is 1.12 bits per heavy atom. The number of aromatic nitrogens is 2. The molecule has 2 saturated heterocycles. The third kappa shape index (κ3) is 4.05. The van der Waals surface area contributed by atoms with Gasteiger partial charge >= 0.3 is 13.2 Å². The molecule has 2 aliphatic heterocycles. The van der Waals surface area contributed by atoms with Crippen molar-refractivity contribution in [2.45, 2.75) is 96.6 Å². The second-order valence-corrected chi connectivity index (χ2v) is 12.0. The van der Waals surface area contributed by atoms with Crippen LogP contribution in [0.1, 0.15) is 79.6 Å². The summed E-state index contributed by atoms with van der Waals surface area (Å²) in [6.45, 7) is 14.0. The largest absolute Gasteiger partial charge is 0.494 e. The fourth-order valence-electron chi connectivity index (χ4n) is 5.35. The minimum atomic E-state index is -0.517. The molecule has 5 rings (SSSR count). The number of carbonyl (C=O) groups excluding carboxylic acids is 1. The predicted octanol–water partition coefficient (Wildman–Crippen LogP) is 4.84. The first-order valence-electron chi connectivity index (χ1n) is 12.4. The summed E-state index contributed by atoms with van der Waals surface area (Å²) in [4.78, 5) is 23.1. The van der Waals surface area contributed by atoms with Gasteiger partial charge in [-0.3, -0.25) is 4.90 Å². The van der Waals surface area contributed by atoms with Crippen LogP contribution in [-0.2, 0) is 14.0 Å². The van der Waals surface area contributed by atoms with Crippen molar-refractivity contribution < 1.29 is 18.8 Å². The molecule has 2 bridgehead atoms. The lowest BCUT2D eigenvalue weighted by Gasteiger charge is -2.35. The van der Waals surface area contributed by atoms with Crippen molar-refractivity contribution >= 4 is 18.7 Å². The third-order valence-electron chi connectivity index (χ3n) is 7.81. The Morgan fingerprint density at radius 2 is 1.76 bits per heavy atom. The molecule has 8 heteroatoms. The Labute approximate surface area is 202 Å². The molecule has 3 heterocycles. The Hall–Kier alpha value is -2.32. The van der Waals surface area contributed by atoms with Gasteiger partial charge < -0.3 is 19.0 Å². The van der Waals surface area contributed by atoms with Gasteiger partial charge in [-0.05, 0) is 84.7 Å². The van der Waals surface area contributed by atoms with E-state index in [1.807, 2.05) is 44.0 Å². The fourth-order valence-corrected chi connectivity index (χ4v) is 5.35. The van der Waals surface area contributed by atoms with Crippen molar-refractivity contribution in [3.63, 3.8) is 0 Å². The molecule has 1 amide bonds. The summed E-state index contributed by atoms with van der Waals surface area (Å²) in [6.07, 6.45) is 4.79. The zero-order valence-electron chi connectivity index (χ0n) is 21.3. The van der Waals surface area contributed by atoms with Gasteiger partial charge in [-0.15, -0.1) is 0 Å². The minimum absolute atomic E-state index is 0.0635. The molecular weight excluding hydrogens is 429 g/mol. The molecular formula is C26H36BN3O4. The van der Waals surface area contributed by atoms with E-state index in [1.54, 1.807) is 0 Å². The first kappa shape index (κ1) is 23.4. The van der Waals surface area contributed by atoms with Crippen LogP contribution in [0.2, 0.25) is 0 Å². The van der Waals surface area contributed by atoms with Crippen LogP contribution in [0.5, 0.6) is 0 Å². The van der Waals surface area contributed by atoms with E-state index in [0.717, 1.165) is 41.8 Å². The number of nitrogens with zero attached hydrogens (tertiary/aromatic N) is 2. The number of benzene rings is 1. The van der Waals surface area contributed by atoms with E-state index in [9.17, 15) is 4.79 Å². The lowest BCUT2D eigenvalue weighted by Crippen LogP contribution is -2.43. The summed E-state index contributed by atoms with van der Waals surface area (Å²) in [5.74, 6) is 1.25. The second kappa shape index (κ2) is 7.85. The van der Waals surface area contributed by atoms with Crippen LogP contribution in [0, 0.1) is 5.92 Å². The van der Waals surface area contributed by atoms with Gasteiger partial charge in [0, 0.05) is 6.04 Å². The topological polar surface area (TPSA) is 76.7 Å². The number of fused-ring (bicyclic) bond motifs is 2. The van der Waals surface area contributed by atoms with Gasteiger partial charge in [-0.2, -0.15) is 0 Å². The Morgan fingerprint density at radius 3 is 2.38 bits per heavy atom. The molecule has 1 saturated carbocycles. The van der Waals surface area contributed by atoms with Gasteiger partial charge in [0.25, 0.3) is 0 Å². The van der Waals surface area contributed by atoms with Gasteiger partial charge in [0.15, 0.2) is 0 Å². The van der Waals surface area contributed by atoms with E-state index in [-0.39, 0.29) is 36.5 Å². The van der Waals surface area contributed by atoms with Crippen LogP contribution in [0.25, 0.3) is 11.3 Å². The number of piperidine rings is 1. The number of H-pyrrole nitrogens is 1. The number of nitrogens with one attached hydrogen (secondary N) is 1. The van der Waals surface area contributed by atoms with E-state index in [2.05, 4.69) is 44.8 Å². The third-order valence-corrected chi connectivity index (χ3v) is 7.81. The van der Waals surface area contributed by atoms with Gasteiger partial charge in [0.2, 0.25) is 0 Å². The molecule has 182 valence electrons. The van der Waals surface area contributed by atoms with Crippen LogP contribution < -0.4 is 5.46 Å². The van der Waals surface area contributed by atoms with E-state index in [1.165, 1.54) is 0 Å². The Kier molecular flexibility index (Phi) is 5.41. The maximum atomic E-state index is 13.0. The van der Waals surface area contributed by atoms with Crippen molar-refractivity contribution in [3.8, 4) is 11.3 Å². The number of carbonyl (C=O) groups is 1. The molecule has 3 fully saturated rings. The smallest absolute Gasteiger partial charge is 0.444 e. The standard InChI is InChI=1S/C26H36BN3O4/c1-24(2,3)32-23(31)30-19-13-10-17(14-19)21(30)22-28-15-20(29-22)16-8-11-18(12-9-16)27-33-25(4,5)26(6,7)34-27/h8-9,11-12,15,17,19,21H,10,13-14H2,1-7H3,(H,28,29)/t17-,19+,21+/m1/s1. The van der Waals surface area contributed by atoms with E-state index >= 15 is 0 Å². The number of hydrogen-bond acceptors (Lipinski definition) is 5. The van der Waals surface area contributed by atoms with Crippen LogP contribution in [0.3, 0.4) is 0 Å². The number of amides is 1. The summed E-state index contributed by atoms with van der Waals surface area (Å²) in [6, 6.07) is 8.38. The Balaban J connectivity index is 1.34. The molecule has 0 spiro atoms. The fraction of sp³-hybridized carbons (Fsp3) is 0.615. The molecule has 1 aliphatic carbocycles. The second-order valence-electron chi connectivity index (χ2n) is 12.0. The minimum Gasteiger partial charge on any atom is -0.444 e. The monoisotopic (exact) mass is 465 g/mol. The zero-order chi connectivity index (χ0) is 24.5. The van der Waals surface area contributed by atoms with E-state index in [4.69, 9.17) is 19.0 Å². The summed E-state index contributed by atoms with van der Waals surface area (Å²) in [5, 5.41) is 0. The summed E-state index contributed by atoms with van der Waals surface area (Å²) >= 11 is 0. The van der Waals surface area contributed by atoms with E-state index in [0.29, 0.717) is 5.92 Å². The lowest BCUT2D eigenvalue weighted by molar-refractivity contribution is 0.00578. The van der Waals surface area contributed by atoms with Crippen LogP contribution in [-0.4, -0.2) is 50.9 Å². The first-order valence-corrected chi connectivity index (χ1v) is 12.4. The van der Waals surface area contributed by atoms with Crippen LogP contribution in [0.4, 0.5) is 4.79 Å². The average molecular weight is 465 g/mol. The number of rotatable bonds is 3. The number of imidazole rings is 1. The van der Waals surface area contributed by atoms with Gasteiger partial charge in [0.1, 0.15) is 11.4 Å². The molecule has 3 aliphatic rings. The highest BCUT2D eigenvalue weighted by Crippen LogP contribution is 2.50. The first-order chi connectivity index (χ1) is 15.8. The summed E-state index contributed by atoms with van der Waals surface area (Å²) < 4.78 is 18.1. The van der Waals surface area contributed by atoms with Crippen LogP contribution in [0.15, 0.2) is 30.5 Å². The van der Waals surface area contributed by atoms with E-state index < -0.39 is 5.60 Å². The molecule has 0 radical (unpaired) electrons. The average Bonchev–Trinajstić information content (AvgIpc) is 3.49. The van der Waals surface area contributed by atoms with Crippen molar-refractivity contribution in [2.24, 2.45) is 5.92 Å². The van der Waals surface area contributed by atoms with Gasteiger partial charge in [-0.25, -0.2) is 9.78 Å². The van der Waals surface area contributed by atoms with Gasteiger partial charge in [-0.1, -0.05) is 24.3 Å². The van der Waals surface area contributed by atoms with Crippen molar-refractivity contribution in [3.05, 3.63) is 36.3 Å². The van der Waals surface area contributed by atoms with Crippen molar-refractivity contribution in [2.75, 3.05) is 0 Å². The molecule has 34 heavy (non-hydrogen) atoms. The zero-order valence-corrected chi connectivity index (χ0v) is 21.3. The summed E-state index contributed by atoms with van der Waals surface area (Å²) in [7, 11) is -0.382. The number of likely N-dealkylation sites (tertiary alicyclic amines) is 1. The maximum absolute atomic E-state index is 13.0. The molecule has 3 atom stereocenters. The van der Waals surface area contributed by atoms with Crippen LogP contribution >= 0.6 is 0 Å². The molecule has 2 aromatic rings. The normalized spacial score (nSPS) is 27.4. The molecule has 1 aromatic heterocycles. The lowest BCUT2D eigenvalue weighted by atomic mass is 9.79. The molecule has 1 aromatic carbocycles. The van der Waals surface area contributed by atoms with Crippen molar-refractivity contribution in [1.82, 2.24) is 14.9 Å². The number of hydrogen-bond donors (Lipinski definition) is 1. The Bertz CT molecular complexity index is 1060. The molecule has 0 unspecified atom stereocenters. The summed E-state index contributed by atoms with van der Waals surface area (Å²) in [5.41, 5.74) is 1.71. The number of ether oxygens (including phenoxy) is 1. The van der Waals surface area contributed by atoms with Gasteiger partial charge in [0.05, 0.1) is 29.1 Å². The SMILES string of the molecule is CC(C)(C)OC(=O)N1[C@H]2CC[C@H](C2)[C@H]1c1ncc(-c2ccc(B3OC(C)(C)C(C)(C)O3)cc2)[nH]1. The van der Waals surface area contributed by atoms with Crippen molar-refractivity contribution in [1.29, 1.82) is 0 Å². The molecule has 7 nitrogen and oxygen atoms in total. The quantitative estimate of drug-likeness (QED) is 0.657. The maximum Gasteiger partial charge on any atom is 0.494 e. The highest BCUT2D eigenvalue weighted by molar-refractivity contribution is 6.62. The molecule has 1 N–H and O–H groups in total. The number of aromatic amines is 1. The highest BCUT2D eigenvalue weighted by Gasteiger charge is 2.52. The predicted molar refractivity (Wildman–Crippen MR) is 132 cm³/mol.